The Bertz CT molecular complexity index is 556. The summed E-state index contributed by atoms with van der Waals surface area (Å²) in [6, 6.07) is 3.20. The van der Waals surface area contributed by atoms with Crippen molar-refractivity contribution in [1.29, 1.82) is 0 Å². The van der Waals surface area contributed by atoms with Crippen LogP contribution in [-0.4, -0.2) is 38.8 Å². The average Bonchev–Trinajstić information content (AvgIpc) is 2.92. The number of aliphatic imine (C=N–C) groups is 1. The van der Waals surface area contributed by atoms with Crippen LogP contribution in [0.4, 0.5) is 13.2 Å². The van der Waals surface area contributed by atoms with Crippen molar-refractivity contribution >= 4 is 12.4 Å². The minimum Gasteiger partial charge on any atom is -0.497 e. The molecule has 1 heterocycles. The van der Waals surface area contributed by atoms with E-state index in [1.54, 1.807) is 0 Å². The van der Waals surface area contributed by atoms with Crippen LogP contribution in [0.5, 0.6) is 5.75 Å². The van der Waals surface area contributed by atoms with Crippen molar-refractivity contribution in [1.82, 2.24) is 0 Å². The second-order valence-electron chi connectivity index (χ2n) is 4.26. The molecule has 0 N–H and O–H groups in total. The van der Waals surface area contributed by atoms with E-state index in [-0.39, 0.29) is 5.56 Å². The summed E-state index contributed by atoms with van der Waals surface area (Å²) < 4.78 is 54.8. The van der Waals surface area contributed by atoms with Gasteiger partial charge >= 0.3 is 12.1 Å². The minimum absolute atomic E-state index is 0.260. The van der Waals surface area contributed by atoms with Crippen molar-refractivity contribution in [3.05, 3.63) is 29.8 Å². The van der Waals surface area contributed by atoms with E-state index in [1.165, 1.54) is 31.4 Å². The molecule has 0 aliphatic carbocycles. The van der Waals surface area contributed by atoms with Gasteiger partial charge in [-0.3, -0.25) is 0 Å². The Morgan fingerprint density at radius 1 is 1.29 bits per heavy atom. The number of alkyl halides is 3. The zero-order chi connectivity index (χ0) is 15.7. The molecule has 21 heavy (non-hydrogen) atoms. The van der Waals surface area contributed by atoms with Crippen molar-refractivity contribution in [2.75, 3.05) is 14.2 Å². The molecular formula is C13H12F3NO4. The summed E-state index contributed by atoms with van der Waals surface area (Å²) in [4.78, 5) is 15.1. The van der Waals surface area contributed by atoms with E-state index in [2.05, 4.69) is 9.73 Å². The normalized spacial score (nSPS) is 24.5. The Kier molecular flexibility index (Phi) is 3.80. The molecule has 0 amide bonds. The van der Waals surface area contributed by atoms with Gasteiger partial charge in [-0.25, -0.2) is 9.79 Å². The van der Waals surface area contributed by atoms with Gasteiger partial charge in [-0.15, -0.1) is 0 Å². The highest BCUT2D eigenvalue weighted by atomic mass is 19.4. The summed E-state index contributed by atoms with van der Waals surface area (Å²) in [6.07, 6.45) is -4.24. The molecule has 2 atom stereocenters. The number of nitrogens with zero attached hydrogens (tertiary/aromatic N) is 1. The van der Waals surface area contributed by atoms with Crippen molar-refractivity contribution in [2.24, 2.45) is 4.99 Å². The van der Waals surface area contributed by atoms with E-state index >= 15 is 0 Å². The standard InChI is InChI=1S/C13H12F3NO4/c1-19-9-5-3-8(4-6-9)12(13(14,15)16)10(11(18)20-2)17-7-21-12/h3-7,10H,1-2H3/t10-,12+/m1/s1. The van der Waals surface area contributed by atoms with Crippen LogP contribution in [-0.2, 0) is 19.9 Å². The maximum atomic E-state index is 13.6. The van der Waals surface area contributed by atoms with E-state index in [0.717, 1.165) is 7.11 Å². The van der Waals surface area contributed by atoms with E-state index in [4.69, 9.17) is 9.47 Å². The number of hydrogen-bond acceptors (Lipinski definition) is 5. The first-order valence-electron chi connectivity index (χ1n) is 5.85. The van der Waals surface area contributed by atoms with E-state index in [0.29, 0.717) is 12.2 Å². The van der Waals surface area contributed by atoms with Crippen LogP contribution in [0.1, 0.15) is 5.56 Å². The van der Waals surface area contributed by atoms with Gasteiger partial charge in [-0.2, -0.15) is 13.2 Å². The molecule has 0 unspecified atom stereocenters. The average molecular weight is 303 g/mol. The summed E-state index contributed by atoms with van der Waals surface area (Å²) in [5, 5.41) is 0. The Labute approximate surface area is 118 Å². The first-order valence-corrected chi connectivity index (χ1v) is 5.85. The van der Waals surface area contributed by atoms with Crippen LogP contribution >= 0.6 is 0 Å². The molecule has 0 saturated carbocycles. The smallest absolute Gasteiger partial charge is 0.435 e. The van der Waals surface area contributed by atoms with E-state index in [1.807, 2.05) is 0 Å². The van der Waals surface area contributed by atoms with Gasteiger partial charge in [0.25, 0.3) is 5.60 Å². The molecule has 1 aromatic carbocycles. The van der Waals surface area contributed by atoms with Gasteiger partial charge in [-0.1, -0.05) is 12.1 Å². The molecule has 0 saturated heterocycles. The highest BCUT2D eigenvalue weighted by molar-refractivity contribution is 5.81. The van der Waals surface area contributed by atoms with Crippen LogP contribution in [0.3, 0.4) is 0 Å². The first-order chi connectivity index (χ1) is 9.86. The molecule has 8 heteroatoms. The van der Waals surface area contributed by atoms with Gasteiger partial charge < -0.3 is 14.2 Å². The molecule has 5 nitrogen and oxygen atoms in total. The number of benzene rings is 1. The van der Waals surface area contributed by atoms with Crippen LogP contribution in [0.2, 0.25) is 0 Å². The summed E-state index contributed by atoms with van der Waals surface area (Å²) in [6.45, 7) is 0. The summed E-state index contributed by atoms with van der Waals surface area (Å²) in [5.41, 5.74) is -3.16. The molecule has 0 radical (unpaired) electrons. The molecule has 1 aromatic rings. The van der Waals surface area contributed by atoms with Gasteiger partial charge in [0, 0.05) is 5.56 Å². The molecule has 1 aliphatic rings. The van der Waals surface area contributed by atoms with Gasteiger partial charge in [0.15, 0.2) is 6.40 Å². The lowest BCUT2D eigenvalue weighted by molar-refractivity contribution is -0.259. The molecular weight excluding hydrogens is 291 g/mol. The number of hydrogen-bond donors (Lipinski definition) is 0. The maximum Gasteiger partial charge on any atom is 0.435 e. The molecule has 2 rings (SSSR count). The maximum absolute atomic E-state index is 13.6. The number of ether oxygens (including phenoxy) is 3. The molecule has 1 aliphatic heterocycles. The van der Waals surface area contributed by atoms with Crippen molar-refractivity contribution in [3.8, 4) is 5.75 Å². The molecule has 0 spiro atoms. The number of methoxy groups -OCH3 is 2. The Morgan fingerprint density at radius 3 is 2.38 bits per heavy atom. The molecule has 0 fully saturated rings. The number of carbonyl (C=O) groups excluding carboxylic acids is 1. The Balaban J connectivity index is 2.55. The van der Waals surface area contributed by atoms with Crippen LogP contribution in [0.25, 0.3) is 0 Å². The molecule has 0 aromatic heterocycles. The fourth-order valence-electron chi connectivity index (χ4n) is 2.13. The number of halogens is 3. The third-order valence-electron chi connectivity index (χ3n) is 3.20. The van der Waals surface area contributed by atoms with Crippen molar-refractivity contribution in [2.45, 2.75) is 17.8 Å². The van der Waals surface area contributed by atoms with Crippen molar-refractivity contribution < 1.29 is 32.2 Å². The topological polar surface area (TPSA) is 57.1 Å². The highest BCUT2D eigenvalue weighted by Gasteiger charge is 2.67. The second kappa shape index (κ2) is 5.27. The van der Waals surface area contributed by atoms with E-state index in [9.17, 15) is 18.0 Å². The lowest BCUT2D eigenvalue weighted by Crippen LogP contribution is -2.53. The van der Waals surface area contributed by atoms with Gasteiger partial charge in [0.1, 0.15) is 5.75 Å². The first kappa shape index (κ1) is 15.1. The predicted octanol–water partition coefficient (Wildman–Crippen LogP) is 2.05. The van der Waals surface area contributed by atoms with E-state index < -0.39 is 23.8 Å². The third kappa shape index (κ3) is 2.30. The Hall–Kier alpha value is -2.25. The number of carbonyl (C=O) groups is 1. The second-order valence-corrected chi connectivity index (χ2v) is 4.26. The number of rotatable bonds is 3. The fourth-order valence-corrected chi connectivity index (χ4v) is 2.13. The monoisotopic (exact) mass is 303 g/mol. The van der Waals surface area contributed by atoms with Crippen LogP contribution in [0, 0.1) is 0 Å². The van der Waals surface area contributed by atoms with Crippen LogP contribution in [0.15, 0.2) is 29.3 Å². The number of esters is 1. The predicted molar refractivity (Wildman–Crippen MR) is 66.1 cm³/mol. The Morgan fingerprint density at radius 2 is 1.90 bits per heavy atom. The van der Waals surface area contributed by atoms with Gasteiger partial charge in [-0.05, 0) is 12.1 Å². The van der Waals surface area contributed by atoms with Crippen LogP contribution < -0.4 is 4.74 Å². The lowest BCUT2D eigenvalue weighted by Gasteiger charge is -2.33. The van der Waals surface area contributed by atoms with Crippen molar-refractivity contribution in [3.63, 3.8) is 0 Å². The van der Waals surface area contributed by atoms with Gasteiger partial charge in [0.05, 0.1) is 14.2 Å². The largest absolute Gasteiger partial charge is 0.497 e. The molecule has 0 bridgehead atoms. The summed E-state index contributed by atoms with van der Waals surface area (Å²) in [5.74, 6) is -0.749. The zero-order valence-corrected chi connectivity index (χ0v) is 11.2. The molecule has 114 valence electrons. The van der Waals surface area contributed by atoms with Gasteiger partial charge in [0.2, 0.25) is 6.04 Å². The lowest BCUT2D eigenvalue weighted by atomic mass is 9.86. The third-order valence-corrected chi connectivity index (χ3v) is 3.20. The summed E-state index contributed by atoms with van der Waals surface area (Å²) >= 11 is 0. The zero-order valence-electron chi connectivity index (χ0n) is 11.2. The SMILES string of the molecule is COC(=O)[C@H]1N=CO[C@]1(c1ccc(OC)cc1)C(F)(F)F. The quantitative estimate of drug-likeness (QED) is 0.802. The highest BCUT2D eigenvalue weighted by Crippen LogP contribution is 2.48. The fraction of sp³-hybridized carbons (Fsp3) is 0.385. The minimum atomic E-state index is -4.86. The summed E-state index contributed by atoms with van der Waals surface area (Å²) in [7, 11) is 2.38.